The van der Waals surface area contributed by atoms with Crippen LogP contribution in [0.15, 0.2) is 24.8 Å². The van der Waals surface area contributed by atoms with Crippen molar-refractivity contribution in [2.24, 2.45) is 0 Å². The smallest absolute Gasteiger partial charge is 0.307 e. The highest BCUT2D eigenvalue weighted by atomic mass is 28.4. The Morgan fingerprint density at radius 2 is 1.41 bits per heavy atom. The molecular formula is C24H40N6O6Si. The number of hydrogen-bond donors (Lipinski definition) is 1. The van der Waals surface area contributed by atoms with Crippen molar-refractivity contribution in [3.05, 3.63) is 45.0 Å². The van der Waals surface area contributed by atoms with Crippen molar-refractivity contribution in [2.45, 2.75) is 115 Å². The summed E-state index contributed by atoms with van der Waals surface area (Å²) in [5.41, 5.74) is 0.0718. The van der Waals surface area contributed by atoms with E-state index in [9.17, 15) is 25.3 Å². The van der Waals surface area contributed by atoms with E-state index < -0.39 is 18.2 Å². The van der Waals surface area contributed by atoms with Gasteiger partial charge in [-0.1, -0.05) is 20.8 Å². The molecule has 2 aromatic rings. The lowest BCUT2D eigenvalue weighted by atomic mass is 9.93. The number of rotatable bonds is 6. The second-order valence-corrected chi connectivity index (χ2v) is 16.4. The molecule has 0 amide bonds. The van der Waals surface area contributed by atoms with Crippen molar-refractivity contribution in [3.8, 4) is 0 Å². The minimum Gasteiger partial charge on any atom is -0.414 e. The lowest BCUT2D eigenvalue weighted by molar-refractivity contribution is -0.385. The summed E-state index contributed by atoms with van der Waals surface area (Å²) in [6.45, 7) is 11.3. The topological polar surface area (TPSA) is 151 Å². The minimum absolute atomic E-state index is 0.00932. The largest absolute Gasteiger partial charge is 0.414 e. The third-order valence-electron chi connectivity index (χ3n) is 7.83. The van der Waals surface area contributed by atoms with Crippen molar-refractivity contribution in [1.29, 1.82) is 0 Å². The van der Waals surface area contributed by atoms with E-state index in [0.29, 0.717) is 6.42 Å². The zero-order chi connectivity index (χ0) is 27.4. The zero-order valence-electron chi connectivity index (χ0n) is 22.4. The van der Waals surface area contributed by atoms with Gasteiger partial charge in [-0.2, -0.15) is 10.2 Å². The van der Waals surface area contributed by atoms with Crippen LogP contribution in [0.3, 0.4) is 0 Å². The second kappa shape index (κ2) is 11.8. The van der Waals surface area contributed by atoms with E-state index in [1.807, 2.05) is 0 Å². The maximum atomic E-state index is 10.8. The molecule has 2 saturated carbocycles. The van der Waals surface area contributed by atoms with E-state index in [-0.39, 0.29) is 40.7 Å². The van der Waals surface area contributed by atoms with E-state index in [1.54, 1.807) is 15.6 Å². The molecule has 13 heteroatoms. The minimum atomic E-state index is -1.77. The average molecular weight is 537 g/mol. The standard InChI is InChI=1S/C15H27N3O3Si.C9H13N3O3/c1-15(2,3)22(4,5)21-14-8-6-7-12(9-14)17-11-13(10-16-17)18(19)20;13-9-3-1-2-7(4-9)11-6-8(5-10-11)12(14)15/h10-12,14H,6-9H2,1-5H3;5-7,9,13H,1-4H2/t12?,14-;7?,9-/m11/s1. The molecule has 0 radical (unpaired) electrons. The van der Waals surface area contributed by atoms with E-state index in [2.05, 4.69) is 44.1 Å². The van der Waals surface area contributed by atoms with Crippen molar-refractivity contribution in [2.75, 3.05) is 0 Å². The van der Waals surface area contributed by atoms with Crippen LogP contribution in [-0.4, -0.2) is 55.0 Å². The summed E-state index contributed by atoms with van der Waals surface area (Å²) in [5.74, 6) is 0. The molecule has 2 fully saturated rings. The quantitative estimate of drug-likeness (QED) is 0.286. The summed E-state index contributed by atoms with van der Waals surface area (Å²) in [6, 6.07) is 0.305. The monoisotopic (exact) mass is 536 g/mol. The van der Waals surface area contributed by atoms with Crippen molar-refractivity contribution < 1.29 is 19.4 Å². The number of nitro groups is 2. The Balaban J connectivity index is 0.000000220. The molecule has 2 unspecified atom stereocenters. The molecule has 0 spiro atoms. The summed E-state index contributed by atoms with van der Waals surface area (Å²) in [7, 11) is -1.77. The molecule has 12 nitrogen and oxygen atoms in total. The van der Waals surface area contributed by atoms with Gasteiger partial charge in [0.1, 0.15) is 24.8 Å². The summed E-state index contributed by atoms with van der Waals surface area (Å²) < 4.78 is 9.86. The first-order valence-electron chi connectivity index (χ1n) is 13.0. The van der Waals surface area contributed by atoms with Gasteiger partial charge in [-0.25, -0.2) is 0 Å². The lowest BCUT2D eigenvalue weighted by Gasteiger charge is -2.41. The van der Waals surface area contributed by atoms with Gasteiger partial charge in [0.25, 0.3) is 0 Å². The number of aliphatic hydroxyl groups is 1. The Hall–Kier alpha value is -2.64. The Kier molecular flexibility index (Phi) is 9.24. The SMILES string of the molecule is CC(C)(C)[Si](C)(C)O[C@@H]1CCCC(n2cc([N+](=O)[O-])cn2)C1.O=[N+]([O-])c1cnn(C2CCC[C@@H](O)C2)c1. The van der Waals surface area contributed by atoms with Gasteiger partial charge < -0.3 is 9.53 Å². The Morgan fingerprint density at radius 1 is 0.919 bits per heavy atom. The molecule has 0 saturated heterocycles. The molecular weight excluding hydrogens is 496 g/mol. The maximum absolute atomic E-state index is 10.8. The third-order valence-corrected chi connectivity index (χ3v) is 12.4. The first kappa shape index (κ1) is 28.9. The summed E-state index contributed by atoms with van der Waals surface area (Å²) in [5, 5.41) is 39.1. The molecule has 0 bridgehead atoms. The number of aliphatic hydroxyl groups excluding tert-OH is 1. The molecule has 4 atom stereocenters. The molecule has 2 aliphatic carbocycles. The Morgan fingerprint density at radius 3 is 1.84 bits per heavy atom. The normalized spacial score (nSPS) is 24.7. The van der Waals surface area contributed by atoms with E-state index in [4.69, 9.17) is 4.43 Å². The van der Waals surface area contributed by atoms with Crippen LogP contribution in [0.1, 0.15) is 84.2 Å². The molecule has 1 N–H and O–H groups in total. The Bertz CT molecular complexity index is 1060. The second-order valence-electron chi connectivity index (χ2n) is 11.7. The first-order chi connectivity index (χ1) is 17.3. The lowest BCUT2D eigenvalue weighted by Crippen LogP contribution is -2.45. The van der Waals surface area contributed by atoms with Gasteiger partial charge in [0.05, 0.1) is 28.0 Å². The summed E-state index contributed by atoms with van der Waals surface area (Å²) >= 11 is 0. The highest BCUT2D eigenvalue weighted by Gasteiger charge is 2.40. The predicted molar refractivity (Wildman–Crippen MR) is 141 cm³/mol. The molecule has 2 aliphatic rings. The van der Waals surface area contributed by atoms with Crippen LogP contribution >= 0.6 is 0 Å². The van der Waals surface area contributed by atoms with Crippen molar-refractivity contribution in [1.82, 2.24) is 19.6 Å². The predicted octanol–water partition coefficient (Wildman–Crippen LogP) is 5.56. The average Bonchev–Trinajstić information content (AvgIpc) is 3.49. The molecule has 37 heavy (non-hydrogen) atoms. The van der Waals surface area contributed by atoms with Crippen LogP contribution in [0.5, 0.6) is 0 Å². The van der Waals surface area contributed by atoms with Crippen LogP contribution in [0.2, 0.25) is 18.1 Å². The fourth-order valence-electron chi connectivity index (χ4n) is 4.68. The van der Waals surface area contributed by atoms with Gasteiger partial charge in [-0.3, -0.25) is 29.6 Å². The number of nitrogens with zero attached hydrogens (tertiary/aromatic N) is 6. The molecule has 2 heterocycles. The van der Waals surface area contributed by atoms with Gasteiger partial charge >= 0.3 is 11.4 Å². The number of aromatic nitrogens is 4. The summed E-state index contributed by atoms with van der Waals surface area (Å²) in [4.78, 5) is 20.4. The fraction of sp³-hybridized carbons (Fsp3) is 0.750. The zero-order valence-corrected chi connectivity index (χ0v) is 23.4. The van der Waals surface area contributed by atoms with E-state index in [1.165, 1.54) is 18.6 Å². The fourth-order valence-corrected chi connectivity index (χ4v) is 6.09. The first-order valence-corrected chi connectivity index (χ1v) is 15.9. The molecule has 4 rings (SSSR count). The van der Waals surface area contributed by atoms with Gasteiger partial charge in [0.2, 0.25) is 0 Å². The van der Waals surface area contributed by atoms with Crippen LogP contribution in [0, 0.1) is 20.2 Å². The molecule has 0 aromatic carbocycles. The van der Waals surface area contributed by atoms with Crippen LogP contribution < -0.4 is 0 Å². The van der Waals surface area contributed by atoms with E-state index in [0.717, 1.165) is 44.9 Å². The van der Waals surface area contributed by atoms with E-state index >= 15 is 0 Å². The van der Waals surface area contributed by atoms with Gasteiger partial charge in [-0.15, -0.1) is 0 Å². The van der Waals surface area contributed by atoms with Crippen molar-refractivity contribution >= 4 is 19.7 Å². The molecule has 2 aromatic heterocycles. The van der Waals surface area contributed by atoms with Gasteiger partial charge in [-0.05, 0) is 69.5 Å². The van der Waals surface area contributed by atoms with Gasteiger partial charge in [0, 0.05) is 6.10 Å². The molecule has 0 aliphatic heterocycles. The number of hydrogen-bond acceptors (Lipinski definition) is 8. The highest BCUT2D eigenvalue weighted by Crippen LogP contribution is 2.40. The van der Waals surface area contributed by atoms with Crippen LogP contribution in [0.25, 0.3) is 0 Å². The van der Waals surface area contributed by atoms with Gasteiger partial charge in [0.15, 0.2) is 8.32 Å². The Labute approximate surface area is 218 Å². The third kappa shape index (κ3) is 7.68. The molecule has 206 valence electrons. The van der Waals surface area contributed by atoms with Crippen molar-refractivity contribution in [3.63, 3.8) is 0 Å². The maximum Gasteiger partial charge on any atom is 0.307 e. The summed E-state index contributed by atoms with van der Waals surface area (Å²) in [6.07, 6.45) is 12.9. The van der Waals surface area contributed by atoms with Crippen LogP contribution in [0.4, 0.5) is 11.4 Å². The van der Waals surface area contributed by atoms with Crippen LogP contribution in [-0.2, 0) is 4.43 Å². The highest BCUT2D eigenvalue weighted by molar-refractivity contribution is 6.74.